The van der Waals surface area contributed by atoms with Crippen molar-refractivity contribution in [1.82, 2.24) is 0 Å². The van der Waals surface area contributed by atoms with E-state index in [1.54, 1.807) is 12.1 Å². The molecule has 0 aliphatic carbocycles. The molecule has 148 valence electrons. The van der Waals surface area contributed by atoms with Crippen LogP contribution in [-0.2, 0) is 0 Å². The van der Waals surface area contributed by atoms with Crippen LogP contribution in [0.4, 0.5) is 22.7 Å². The normalized spacial score (nSPS) is 11.7. The van der Waals surface area contributed by atoms with Crippen molar-refractivity contribution >= 4 is 33.5 Å². The number of hydrogen-bond acceptors (Lipinski definition) is 6. The molecule has 0 bridgehead atoms. The lowest BCUT2D eigenvalue weighted by Crippen LogP contribution is -1.80. The molecule has 4 aromatic rings. The molecule has 0 radical (unpaired) electrons. The number of aromatic hydroxyl groups is 2. The van der Waals surface area contributed by atoms with Crippen LogP contribution in [0.1, 0.15) is 11.1 Å². The van der Waals surface area contributed by atoms with Gasteiger partial charge in [-0.05, 0) is 61.4 Å². The minimum Gasteiger partial charge on any atom is -0.507 e. The molecule has 4 rings (SSSR count). The van der Waals surface area contributed by atoms with Gasteiger partial charge in [0.25, 0.3) is 0 Å². The first kappa shape index (κ1) is 19.3. The van der Waals surface area contributed by atoms with Crippen molar-refractivity contribution in [2.45, 2.75) is 13.8 Å². The number of fused-ring (bicyclic) bond motifs is 1. The van der Waals surface area contributed by atoms with Gasteiger partial charge in [-0.1, -0.05) is 36.4 Å². The Morgan fingerprint density at radius 2 is 0.833 bits per heavy atom. The molecule has 0 fully saturated rings. The second-order valence-corrected chi connectivity index (χ2v) is 6.93. The summed E-state index contributed by atoms with van der Waals surface area (Å²) in [6.45, 7) is 3.90. The highest BCUT2D eigenvalue weighted by atomic mass is 16.3. The van der Waals surface area contributed by atoms with Crippen LogP contribution in [0.3, 0.4) is 0 Å². The highest BCUT2D eigenvalue weighted by Gasteiger charge is 2.14. The zero-order chi connectivity index (χ0) is 21.1. The third kappa shape index (κ3) is 3.75. The summed E-state index contributed by atoms with van der Waals surface area (Å²) in [5.74, 6) is -0.0380. The summed E-state index contributed by atoms with van der Waals surface area (Å²) in [5.41, 5.74) is 4.29. The Labute approximate surface area is 173 Å². The Hall–Kier alpha value is -4.06. The quantitative estimate of drug-likeness (QED) is 0.346. The van der Waals surface area contributed by atoms with Crippen LogP contribution >= 0.6 is 0 Å². The lowest BCUT2D eigenvalue weighted by molar-refractivity contribution is 0.476. The summed E-state index contributed by atoms with van der Waals surface area (Å²) in [6.07, 6.45) is 0. The fourth-order valence-electron chi connectivity index (χ4n) is 3.16. The van der Waals surface area contributed by atoms with Gasteiger partial charge in [-0.2, -0.15) is 10.2 Å². The van der Waals surface area contributed by atoms with E-state index in [2.05, 4.69) is 20.5 Å². The van der Waals surface area contributed by atoms with E-state index in [0.29, 0.717) is 22.1 Å². The number of phenolic OH excluding ortho intramolecular Hbond substituents is 2. The van der Waals surface area contributed by atoms with Crippen LogP contribution in [0, 0.1) is 13.8 Å². The summed E-state index contributed by atoms with van der Waals surface area (Å²) in [5, 5.41) is 39.0. The number of nitrogens with zero attached hydrogens (tertiary/aromatic N) is 4. The van der Waals surface area contributed by atoms with Crippen LogP contribution in [0.25, 0.3) is 10.8 Å². The maximum absolute atomic E-state index is 10.5. The van der Waals surface area contributed by atoms with Crippen LogP contribution in [0.5, 0.6) is 11.5 Å². The summed E-state index contributed by atoms with van der Waals surface area (Å²) in [4.78, 5) is 0. The van der Waals surface area contributed by atoms with Gasteiger partial charge in [0.15, 0.2) is 0 Å². The first-order chi connectivity index (χ1) is 14.5. The summed E-state index contributed by atoms with van der Waals surface area (Å²) in [6, 6.07) is 21.5. The van der Waals surface area contributed by atoms with Crippen LogP contribution in [0.15, 0.2) is 93.3 Å². The smallest absolute Gasteiger partial charge is 0.125 e. The Morgan fingerprint density at radius 3 is 1.23 bits per heavy atom. The van der Waals surface area contributed by atoms with Gasteiger partial charge in [-0.25, -0.2) is 0 Å². The number of azo groups is 2. The van der Waals surface area contributed by atoms with Gasteiger partial charge < -0.3 is 10.2 Å². The van der Waals surface area contributed by atoms with E-state index >= 15 is 0 Å². The van der Waals surface area contributed by atoms with Gasteiger partial charge in [0.1, 0.15) is 11.5 Å². The van der Waals surface area contributed by atoms with Crippen molar-refractivity contribution in [2.24, 2.45) is 20.5 Å². The minimum absolute atomic E-state index is 0.0190. The highest BCUT2D eigenvalue weighted by Crippen LogP contribution is 2.44. The second kappa shape index (κ2) is 8.13. The highest BCUT2D eigenvalue weighted by molar-refractivity contribution is 6.06. The van der Waals surface area contributed by atoms with Crippen LogP contribution in [-0.4, -0.2) is 10.2 Å². The van der Waals surface area contributed by atoms with E-state index in [-0.39, 0.29) is 11.5 Å². The molecular weight excluding hydrogens is 376 g/mol. The molecule has 0 aromatic heterocycles. The zero-order valence-corrected chi connectivity index (χ0v) is 16.6. The maximum Gasteiger partial charge on any atom is 0.125 e. The van der Waals surface area contributed by atoms with E-state index in [9.17, 15) is 10.2 Å². The largest absolute Gasteiger partial charge is 0.507 e. The molecule has 4 aromatic carbocycles. The van der Waals surface area contributed by atoms with Gasteiger partial charge in [0.2, 0.25) is 0 Å². The van der Waals surface area contributed by atoms with E-state index < -0.39 is 0 Å². The SMILES string of the molecule is Cc1ccccc1N=Nc1ccc(O)c2c(N=Nc3ccccc3C)ccc(O)c12. The number of hydrogen-bond donors (Lipinski definition) is 2. The van der Waals surface area contributed by atoms with Crippen molar-refractivity contribution < 1.29 is 10.2 Å². The molecule has 0 aliphatic heterocycles. The number of rotatable bonds is 4. The number of benzene rings is 4. The number of aryl methyl sites for hydroxylation is 2. The van der Waals surface area contributed by atoms with Gasteiger partial charge in [0, 0.05) is 0 Å². The molecular formula is C24H20N4O2. The fourth-order valence-corrected chi connectivity index (χ4v) is 3.16. The maximum atomic E-state index is 10.5. The first-order valence-electron chi connectivity index (χ1n) is 9.47. The van der Waals surface area contributed by atoms with Crippen LogP contribution in [0.2, 0.25) is 0 Å². The average Bonchev–Trinajstić information content (AvgIpc) is 2.75. The fraction of sp³-hybridized carbons (Fsp3) is 0.0833. The van der Waals surface area contributed by atoms with Crippen molar-refractivity contribution in [3.8, 4) is 11.5 Å². The number of phenols is 2. The van der Waals surface area contributed by atoms with Gasteiger partial charge in [-0.3, -0.25) is 0 Å². The topological polar surface area (TPSA) is 89.9 Å². The molecule has 30 heavy (non-hydrogen) atoms. The average molecular weight is 396 g/mol. The van der Waals surface area contributed by atoms with Gasteiger partial charge in [0.05, 0.1) is 33.5 Å². The Morgan fingerprint density at radius 1 is 0.467 bits per heavy atom. The van der Waals surface area contributed by atoms with Crippen molar-refractivity contribution in [1.29, 1.82) is 0 Å². The van der Waals surface area contributed by atoms with Crippen LogP contribution < -0.4 is 0 Å². The monoisotopic (exact) mass is 396 g/mol. The molecule has 0 saturated carbocycles. The molecule has 0 aliphatic rings. The predicted molar refractivity (Wildman–Crippen MR) is 118 cm³/mol. The van der Waals surface area contributed by atoms with Crippen molar-refractivity contribution in [3.05, 3.63) is 83.9 Å². The molecule has 2 N–H and O–H groups in total. The third-order valence-electron chi connectivity index (χ3n) is 4.83. The summed E-state index contributed by atoms with van der Waals surface area (Å²) < 4.78 is 0. The van der Waals surface area contributed by atoms with Gasteiger partial charge >= 0.3 is 0 Å². The Bertz CT molecular complexity index is 1200. The molecule has 0 unspecified atom stereocenters. The summed E-state index contributed by atoms with van der Waals surface area (Å²) >= 11 is 0. The third-order valence-corrected chi connectivity index (χ3v) is 4.83. The standard InChI is InChI=1S/C24H20N4O2/c1-15-7-3-5-9-17(15)25-27-19-11-13-22(30)24-20(12-14-21(29)23(19)24)28-26-18-10-6-4-8-16(18)2/h3-14,29-30H,1-2H3. The molecule has 0 saturated heterocycles. The lowest BCUT2D eigenvalue weighted by Gasteiger charge is -2.09. The Kier molecular flexibility index (Phi) is 5.22. The van der Waals surface area contributed by atoms with E-state index in [4.69, 9.17) is 0 Å². The van der Waals surface area contributed by atoms with E-state index in [1.807, 2.05) is 62.4 Å². The van der Waals surface area contributed by atoms with Crippen molar-refractivity contribution in [3.63, 3.8) is 0 Å². The molecule has 0 amide bonds. The minimum atomic E-state index is -0.0190. The second-order valence-electron chi connectivity index (χ2n) is 6.93. The first-order valence-corrected chi connectivity index (χ1v) is 9.47. The van der Waals surface area contributed by atoms with E-state index in [1.165, 1.54) is 12.1 Å². The molecule has 0 atom stereocenters. The Balaban J connectivity index is 1.83. The van der Waals surface area contributed by atoms with E-state index in [0.717, 1.165) is 22.5 Å². The molecule has 0 heterocycles. The van der Waals surface area contributed by atoms with Crippen molar-refractivity contribution in [2.75, 3.05) is 0 Å². The summed E-state index contributed by atoms with van der Waals surface area (Å²) in [7, 11) is 0. The molecule has 6 nitrogen and oxygen atoms in total. The lowest BCUT2D eigenvalue weighted by atomic mass is 10.0. The molecule has 6 heteroatoms. The predicted octanol–water partition coefficient (Wildman–Crippen LogP) is 7.70. The molecule has 0 spiro atoms. The zero-order valence-electron chi connectivity index (χ0n) is 16.6. The van der Waals surface area contributed by atoms with Gasteiger partial charge in [-0.15, -0.1) is 10.2 Å².